The highest BCUT2D eigenvalue weighted by molar-refractivity contribution is 4.94. The molecule has 2 atom stereocenters. The van der Waals surface area contributed by atoms with Gasteiger partial charge in [0.15, 0.2) is 0 Å². The largest absolute Gasteiger partial charge is 0.303 e. The average Bonchev–Trinajstić information content (AvgIpc) is 2.04. The molecule has 0 amide bonds. The number of fused-ring (bicyclic) bond motifs is 2. The summed E-state index contributed by atoms with van der Waals surface area (Å²) < 4.78 is 0. The Balaban J connectivity index is 1.93. The van der Waals surface area contributed by atoms with Crippen molar-refractivity contribution in [2.45, 2.75) is 20.3 Å². The summed E-state index contributed by atoms with van der Waals surface area (Å²) >= 11 is 0. The zero-order valence-electron chi connectivity index (χ0n) is 7.01. The van der Waals surface area contributed by atoms with Gasteiger partial charge in [0.25, 0.3) is 0 Å². The summed E-state index contributed by atoms with van der Waals surface area (Å²) in [6.07, 6.45) is 1.53. The second-order valence-electron chi connectivity index (χ2n) is 3.97. The minimum absolute atomic E-state index is 1.04. The Bertz CT molecular complexity index is 121. The van der Waals surface area contributed by atoms with Crippen molar-refractivity contribution >= 4 is 0 Å². The van der Waals surface area contributed by atoms with E-state index in [0.29, 0.717) is 0 Å². The van der Waals surface area contributed by atoms with Gasteiger partial charge in [-0.25, -0.2) is 0 Å². The third-order valence-electron chi connectivity index (χ3n) is 3.53. The fraction of sp³-hybridized carbons (Fsp3) is 1.00. The molecule has 0 radical (unpaired) electrons. The molecular weight excluding hydrogens is 122 g/mol. The van der Waals surface area contributed by atoms with Crippen molar-refractivity contribution in [2.24, 2.45) is 17.8 Å². The third kappa shape index (κ3) is 0.800. The molecule has 0 aromatic carbocycles. The molecular formula is C9H17N. The number of rotatable bonds is 1. The second-order valence-corrected chi connectivity index (χ2v) is 3.97. The summed E-state index contributed by atoms with van der Waals surface area (Å²) in [4.78, 5) is 2.60. The van der Waals surface area contributed by atoms with Gasteiger partial charge in [-0.2, -0.15) is 0 Å². The van der Waals surface area contributed by atoms with Crippen molar-refractivity contribution in [1.29, 1.82) is 0 Å². The van der Waals surface area contributed by atoms with Crippen LogP contribution in [0.15, 0.2) is 0 Å². The molecule has 2 unspecified atom stereocenters. The molecule has 2 saturated heterocycles. The molecule has 2 bridgehead atoms. The van der Waals surface area contributed by atoms with Crippen molar-refractivity contribution in [2.75, 3.05) is 19.6 Å². The summed E-state index contributed by atoms with van der Waals surface area (Å²) in [6.45, 7) is 8.73. The predicted molar refractivity (Wildman–Crippen MR) is 42.9 cm³/mol. The monoisotopic (exact) mass is 139 g/mol. The van der Waals surface area contributed by atoms with Crippen molar-refractivity contribution in [3.05, 3.63) is 0 Å². The van der Waals surface area contributed by atoms with Crippen LogP contribution in [0.5, 0.6) is 0 Å². The molecule has 1 nitrogen and oxygen atoms in total. The van der Waals surface area contributed by atoms with Crippen molar-refractivity contribution in [3.8, 4) is 0 Å². The van der Waals surface area contributed by atoms with E-state index in [2.05, 4.69) is 18.7 Å². The maximum Gasteiger partial charge on any atom is 0.00124 e. The van der Waals surface area contributed by atoms with Gasteiger partial charge in [-0.05, 0) is 30.7 Å². The van der Waals surface area contributed by atoms with E-state index < -0.39 is 0 Å². The molecule has 2 aliphatic heterocycles. The van der Waals surface area contributed by atoms with Gasteiger partial charge < -0.3 is 4.90 Å². The van der Waals surface area contributed by atoms with Gasteiger partial charge in [-0.3, -0.25) is 0 Å². The quantitative estimate of drug-likeness (QED) is 0.533. The van der Waals surface area contributed by atoms with Gasteiger partial charge in [0.1, 0.15) is 0 Å². The minimum atomic E-state index is 1.04. The highest BCUT2D eigenvalue weighted by Gasteiger charge is 2.42. The van der Waals surface area contributed by atoms with Gasteiger partial charge in [-0.1, -0.05) is 13.8 Å². The van der Waals surface area contributed by atoms with Crippen molar-refractivity contribution < 1.29 is 0 Å². The van der Waals surface area contributed by atoms with Gasteiger partial charge in [0, 0.05) is 13.1 Å². The van der Waals surface area contributed by atoms with E-state index in [4.69, 9.17) is 0 Å². The van der Waals surface area contributed by atoms with Gasteiger partial charge >= 0.3 is 0 Å². The highest BCUT2D eigenvalue weighted by Crippen LogP contribution is 2.44. The van der Waals surface area contributed by atoms with E-state index >= 15 is 0 Å². The number of piperidine rings is 2. The lowest BCUT2D eigenvalue weighted by Gasteiger charge is -2.52. The van der Waals surface area contributed by atoms with Crippen LogP contribution in [-0.4, -0.2) is 24.5 Å². The lowest BCUT2D eigenvalue weighted by molar-refractivity contribution is -0.0306. The summed E-state index contributed by atoms with van der Waals surface area (Å²) in [5.41, 5.74) is 0. The standard InChI is InChI=1S/C9H17N/c1-3-10-5-8-4-9(6-10)7(8)2/h7-9H,3-6H2,1-2H3. The van der Waals surface area contributed by atoms with Crippen LogP contribution >= 0.6 is 0 Å². The van der Waals surface area contributed by atoms with E-state index in [1.165, 1.54) is 26.1 Å². The molecule has 0 aromatic heterocycles. The molecule has 3 rings (SSSR count). The topological polar surface area (TPSA) is 3.24 Å². The minimum Gasteiger partial charge on any atom is -0.303 e. The second kappa shape index (κ2) is 2.23. The smallest absolute Gasteiger partial charge is 0.00124 e. The van der Waals surface area contributed by atoms with Crippen molar-refractivity contribution in [3.63, 3.8) is 0 Å². The van der Waals surface area contributed by atoms with Gasteiger partial charge in [0.05, 0.1) is 0 Å². The van der Waals surface area contributed by atoms with Crippen LogP contribution < -0.4 is 0 Å². The number of nitrogens with zero attached hydrogens (tertiary/aromatic N) is 1. The van der Waals surface area contributed by atoms with Crippen LogP contribution in [0.3, 0.4) is 0 Å². The van der Waals surface area contributed by atoms with Crippen LogP contribution in [0, 0.1) is 17.8 Å². The first-order valence-electron chi connectivity index (χ1n) is 4.53. The Labute approximate surface area is 63.4 Å². The molecule has 1 aliphatic carbocycles. The number of hydrogen-bond acceptors (Lipinski definition) is 1. The Kier molecular flexibility index (Phi) is 1.48. The van der Waals surface area contributed by atoms with Crippen molar-refractivity contribution in [1.82, 2.24) is 4.90 Å². The predicted octanol–water partition coefficient (Wildman–Crippen LogP) is 1.59. The maximum absolute atomic E-state index is 2.60. The van der Waals surface area contributed by atoms with E-state index in [1.54, 1.807) is 0 Å². The summed E-state index contributed by atoms with van der Waals surface area (Å²) in [5, 5.41) is 0. The molecule has 10 heavy (non-hydrogen) atoms. The average molecular weight is 139 g/mol. The summed E-state index contributed by atoms with van der Waals surface area (Å²) in [6, 6.07) is 0. The first-order valence-corrected chi connectivity index (χ1v) is 4.53. The van der Waals surface area contributed by atoms with E-state index in [9.17, 15) is 0 Å². The Morgan fingerprint density at radius 3 is 2.30 bits per heavy atom. The Morgan fingerprint density at radius 2 is 1.90 bits per heavy atom. The fourth-order valence-electron chi connectivity index (χ4n) is 2.48. The van der Waals surface area contributed by atoms with Gasteiger partial charge in [0.2, 0.25) is 0 Å². The van der Waals surface area contributed by atoms with Crippen LogP contribution in [0.25, 0.3) is 0 Å². The molecule has 2 heterocycles. The SMILES string of the molecule is CCN1CC2CC(C1)C2C. The molecule has 58 valence electrons. The lowest BCUT2D eigenvalue weighted by Crippen LogP contribution is -2.53. The molecule has 1 heteroatoms. The zero-order valence-corrected chi connectivity index (χ0v) is 7.01. The van der Waals surface area contributed by atoms with Crippen LogP contribution in [0.4, 0.5) is 0 Å². The van der Waals surface area contributed by atoms with Crippen LogP contribution in [-0.2, 0) is 0 Å². The van der Waals surface area contributed by atoms with E-state index in [1.807, 2.05) is 0 Å². The van der Waals surface area contributed by atoms with E-state index in [-0.39, 0.29) is 0 Å². The molecule has 0 spiro atoms. The molecule has 0 N–H and O–H groups in total. The maximum atomic E-state index is 2.60. The summed E-state index contributed by atoms with van der Waals surface area (Å²) in [7, 11) is 0. The molecule has 3 fully saturated rings. The first-order chi connectivity index (χ1) is 4.81. The Morgan fingerprint density at radius 1 is 1.30 bits per heavy atom. The Hall–Kier alpha value is -0.0400. The molecule has 0 aromatic rings. The van der Waals surface area contributed by atoms with Crippen LogP contribution in [0.1, 0.15) is 20.3 Å². The van der Waals surface area contributed by atoms with Crippen LogP contribution in [0.2, 0.25) is 0 Å². The number of hydrogen-bond donors (Lipinski definition) is 0. The third-order valence-corrected chi connectivity index (χ3v) is 3.53. The first kappa shape index (κ1) is 6.66. The highest BCUT2D eigenvalue weighted by atomic mass is 15.1. The fourth-order valence-corrected chi connectivity index (χ4v) is 2.48. The zero-order chi connectivity index (χ0) is 7.14. The summed E-state index contributed by atoms with van der Waals surface area (Å²) in [5.74, 6) is 3.15. The molecule has 3 aliphatic rings. The van der Waals surface area contributed by atoms with Gasteiger partial charge in [-0.15, -0.1) is 0 Å². The normalized spacial score (nSPS) is 46.8. The lowest BCUT2D eigenvalue weighted by atomic mass is 9.62. The molecule has 1 saturated carbocycles. The van der Waals surface area contributed by atoms with E-state index in [0.717, 1.165) is 17.8 Å².